The lowest BCUT2D eigenvalue weighted by Gasteiger charge is -1.98. The van der Waals surface area contributed by atoms with E-state index in [1.54, 1.807) is 6.07 Å². The fraction of sp³-hybridized carbons (Fsp3) is 0. The van der Waals surface area contributed by atoms with Crippen LogP contribution >= 0.6 is 0 Å². The molecule has 0 spiro atoms. The summed E-state index contributed by atoms with van der Waals surface area (Å²) in [5.74, 6) is 0.645. The van der Waals surface area contributed by atoms with Crippen molar-refractivity contribution in [3.63, 3.8) is 0 Å². The predicted molar refractivity (Wildman–Crippen MR) is 65.2 cm³/mol. The Kier molecular flexibility index (Phi) is 2.35. The number of para-hydroxylation sites is 1. The smallest absolute Gasteiger partial charge is 0.247 e. The average molecular weight is 236 g/mol. The minimum absolute atomic E-state index is 0.209. The molecular formula is C12H8N6. The Hall–Kier alpha value is -2.94. The average Bonchev–Trinajstić information content (AvgIpc) is 2.82. The predicted octanol–water partition coefficient (Wildman–Crippen LogP) is 1.74. The summed E-state index contributed by atoms with van der Waals surface area (Å²) in [4.78, 5) is 8.18. The lowest BCUT2D eigenvalue weighted by atomic mass is 10.3. The van der Waals surface area contributed by atoms with Crippen LogP contribution in [0.5, 0.6) is 0 Å². The van der Waals surface area contributed by atoms with Crippen LogP contribution in [0.3, 0.4) is 0 Å². The molecule has 0 fully saturated rings. The molecule has 0 bridgehead atoms. The van der Waals surface area contributed by atoms with Crippen molar-refractivity contribution in [2.75, 3.05) is 5.32 Å². The Morgan fingerprint density at radius 3 is 2.78 bits per heavy atom. The van der Waals surface area contributed by atoms with Crippen molar-refractivity contribution in [3.8, 4) is 6.07 Å². The van der Waals surface area contributed by atoms with E-state index in [1.165, 1.54) is 10.7 Å². The number of nitrogens with one attached hydrogen (secondary N) is 1. The van der Waals surface area contributed by atoms with Crippen LogP contribution in [0.1, 0.15) is 5.82 Å². The molecule has 0 saturated carbocycles. The third-order valence-electron chi connectivity index (χ3n) is 2.38. The van der Waals surface area contributed by atoms with E-state index in [0.29, 0.717) is 11.6 Å². The molecule has 0 atom stereocenters. The Labute approximate surface area is 103 Å². The molecule has 2 aromatic heterocycles. The van der Waals surface area contributed by atoms with Crippen LogP contribution in [0, 0.1) is 11.3 Å². The quantitative estimate of drug-likeness (QED) is 0.733. The van der Waals surface area contributed by atoms with Gasteiger partial charge in [-0.3, -0.25) is 0 Å². The van der Waals surface area contributed by atoms with E-state index >= 15 is 0 Å². The molecule has 0 aliphatic carbocycles. The lowest BCUT2D eigenvalue weighted by molar-refractivity contribution is 0.899. The number of fused-ring (bicyclic) bond motifs is 1. The zero-order chi connectivity index (χ0) is 12.4. The van der Waals surface area contributed by atoms with Crippen LogP contribution < -0.4 is 5.32 Å². The fourth-order valence-corrected chi connectivity index (χ4v) is 1.60. The van der Waals surface area contributed by atoms with Gasteiger partial charge in [0, 0.05) is 18.0 Å². The summed E-state index contributed by atoms with van der Waals surface area (Å²) < 4.78 is 1.41. The molecule has 0 radical (unpaired) electrons. The van der Waals surface area contributed by atoms with Gasteiger partial charge in [0.05, 0.1) is 0 Å². The van der Waals surface area contributed by atoms with Crippen LogP contribution in [0.15, 0.2) is 42.6 Å². The monoisotopic (exact) mass is 236 g/mol. The van der Waals surface area contributed by atoms with Crippen LogP contribution in [0.4, 0.5) is 11.6 Å². The van der Waals surface area contributed by atoms with Crippen LogP contribution in [-0.4, -0.2) is 19.6 Å². The summed E-state index contributed by atoms with van der Waals surface area (Å²) in [6.07, 6.45) is 1.54. The molecule has 3 rings (SSSR count). The summed E-state index contributed by atoms with van der Waals surface area (Å²) in [6, 6.07) is 13.3. The largest absolute Gasteiger partial charge is 0.323 e. The van der Waals surface area contributed by atoms with Crippen molar-refractivity contribution in [1.29, 1.82) is 5.26 Å². The zero-order valence-electron chi connectivity index (χ0n) is 9.28. The third kappa shape index (κ3) is 1.74. The van der Waals surface area contributed by atoms with Crippen LogP contribution in [0.25, 0.3) is 5.65 Å². The van der Waals surface area contributed by atoms with E-state index in [1.807, 2.05) is 36.4 Å². The van der Waals surface area contributed by atoms with E-state index in [9.17, 15) is 0 Å². The first-order valence-electron chi connectivity index (χ1n) is 5.31. The number of hydrogen-bond acceptors (Lipinski definition) is 5. The fourth-order valence-electron chi connectivity index (χ4n) is 1.60. The Morgan fingerprint density at radius 1 is 1.17 bits per heavy atom. The van der Waals surface area contributed by atoms with Gasteiger partial charge in [-0.2, -0.15) is 14.8 Å². The molecule has 3 aromatic rings. The first-order chi connectivity index (χ1) is 8.86. The second-order valence-corrected chi connectivity index (χ2v) is 3.58. The van der Waals surface area contributed by atoms with Crippen LogP contribution in [0.2, 0.25) is 0 Å². The summed E-state index contributed by atoms with van der Waals surface area (Å²) in [5.41, 5.74) is 1.47. The number of nitriles is 1. The maximum absolute atomic E-state index is 8.91. The molecule has 0 amide bonds. The van der Waals surface area contributed by atoms with E-state index in [4.69, 9.17) is 5.26 Å². The second kappa shape index (κ2) is 4.14. The molecule has 2 heterocycles. The van der Waals surface area contributed by atoms with Gasteiger partial charge in [-0.15, -0.1) is 5.10 Å². The van der Waals surface area contributed by atoms with Gasteiger partial charge >= 0.3 is 0 Å². The molecular weight excluding hydrogens is 228 g/mol. The highest BCUT2D eigenvalue weighted by Crippen LogP contribution is 2.13. The molecule has 0 saturated heterocycles. The SMILES string of the molecule is N#Cc1nccc2nc(Nc3ccccc3)nn12. The molecule has 0 aliphatic heterocycles. The number of aromatic nitrogens is 4. The van der Waals surface area contributed by atoms with Gasteiger partial charge in [0.25, 0.3) is 0 Å². The van der Waals surface area contributed by atoms with Gasteiger partial charge in [0.15, 0.2) is 5.65 Å². The molecule has 0 unspecified atom stereocenters. The minimum atomic E-state index is 0.209. The second-order valence-electron chi connectivity index (χ2n) is 3.58. The van der Waals surface area contributed by atoms with Crippen LogP contribution in [-0.2, 0) is 0 Å². The van der Waals surface area contributed by atoms with Crippen molar-refractivity contribution in [3.05, 3.63) is 48.4 Å². The highest BCUT2D eigenvalue weighted by molar-refractivity contribution is 5.55. The number of rotatable bonds is 2. The van der Waals surface area contributed by atoms with Crippen molar-refractivity contribution in [2.24, 2.45) is 0 Å². The lowest BCUT2D eigenvalue weighted by Crippen LogP contribution is -1.97. The zero-order valence-corrected chi connectivity index (χ0v) is 9.28. The summed E-state index contributed by atoms with van der Waals surface area (Å²) >= 11 is 0. The molecule has 6 nitrogen and oxygen atoms in total. The third-order valence-corrected chi connectivity index (χ3v) is 2.38. The van der Waals surface area contributed by atoms with Gasteiger partial charge in [0.2, 0.25) is 11.8 Å². The van der Waals surface area contributed by atoms with E-state index in [2.05, 4.69) is 20.4 Å². The Morgan fingerprint density at radius 2 is 2.00 bits per heavy atom. The highest BCUT2D eigenvalue weighted by atomic mass is 15.4. The maximum Gasteiger partial charge on any atom is 0.247 e. The first kappa shape index (κ1) is 10.2. The number of nitrogens with zero attached hydrogens (tertiary/aromatic N) is 5. The molecule has 0 aliphatic rings. The van der Waals surface area contributed by atoms with Crippen molar-refractivity contribution in [1.82, 2.24) is 19.6 Å². The summed E-state index contributed by atoms with van der Waals surface area (Å²) in [6.45, 7) is 0. The van der Waals surface area contributed by atoms with Gasteiger partial charge < -0.3 is 5.32 Å². The minimum Gasteiger partial charge on any atom is -0.323 e. The molecule has 18 heavy (non-hydrogen) atoms. The Bertz CT molecular complexity index is 725. The molecule has 6 heteroatoms. The normalized spacial score (nSPS) is 10.2. The highest BCUT2D eigenvalue weighted by Gasteiger charge is 2.07. The number of benzene rings is 1. The van der Waals surface area contributed by atoms with Gasteiger partial charge in [-0.1, -0.05) is 18.2 Å². The van der Waals surface area contributed by atoms with Gasteiger partial charge in [-0.05, 0) is 12.1 Å². The van der Waals surface area contributed by atoms with Crippen molar-refractivity contribution < 1.29 is 0 Å². The Balaban J connectivity index is 2.02. The maximum atomic E-state index is 8.91. The van der Waals surface area contributed by atoms with E-state index in [0.717, 1.165) is 5.69 Å². The summed E-state index contributed by atoms with van der Waals surface area (Å²) in [5, 5.41) is 16.2. The van der Waals surface area contributed by atoms with Crippen molar-refractivity contribution in [2.45, 2.75) is 0 Å². The van der Waals surface area contributed by atoms with E-state index < -0.39 is 0 Å². The van der Waals surface area contributed by atoms with Gasteiger partial charge in [0.1, 0.15) is 6.07 Å². The molecule has 1 aromatic carbocycles. The van der Waals surface area contributed by atoms with Gasteiger partial charge in [-0.25, -0.2) is 4.98 Å². The number of hydrogen-bond donors (Lipinski definition) is 1. The standard InChI is InChI=1S/C12H8N6/c13-8-11-14-7-6-10-16-12(17-18(10)11)15-9-4-2-1-3-5-9/h1-7H,(H,15,17). The first-order valence-corrected chi connectivity index (χ1v) is 5.31. The summed E-state index contributed by atoms with van der Waals surface area (Å²) in [7, 11) is 0. The van der Waals surface area contributed by atoms with Crippen molar-refractivity contribution >= 4 is 17.3 Å². The number of anilines is 2. The molecule has 86 valence electrons. The molecule has 1 N–H and O–H groups in total. The van der Waals surface area contributed by atoms with E-state index in [-0.39, 0.29) is 5.82 Å². The topological polar surface area (TPSA) is 78.9 Å².